The van der Waals surface area contributed by atoms with Crippen LogP contribution in [0.5, 0.6) is 5.75 Å². The molecule has 0 bridgehead atoms. The number of anilines is 1. The monoisotopic (exact) mass is 604 g/mol. The largest absolute Gasteiger partial charge is 0.490 e. The van der Waals surface area contributed by atoms with Crippen molar-refractivity contribution in [3.63, 3.8) is 0 Å². The quantitative estimate of drug-likeness (QED) is 0.341. The molecule has 6 heterocycles. The van der Waals surface area contributed by atoms with Gasteiger partial charge in [-0.05, 0) is 79.1 Å². The Morgan fingerprint density at radius 2 is 1.86 bits per heavy atom. The molecule has 0 unspecified atom stereocenters. The number of aromatic nitrogens is 4. The van der Waals surface area contributed by atoms with Crippen LogP contribution in [0.3, 0.4) is 0 Å². The molecule has 0 spiro atoms. The third kappa shape index (κ3) is 4.99. The minimum Gasteiger partial charge on any atom is -0.490 e. The van der Waals surface area contributed by atoms with Crippen LogP contribution in [0.2, 0.25) is 0 Å². The lowest BCUT2D eigenvalue weighted by Crippen LogP contribution is -2.51. The summed E-state index contributed by atoms with van der Waals surface area (Å²) in [6.07, 6.45) is 3.39. The molecule has 0 amide bonds. The van der Waals surface area contributed by atoms with Crippen LogP contribution in [0.25, 0.3) is 33.7 Å². The fraction of sp³-hybridized carbons (Fsp3) is 0.500. The van der Waals surface area contributed by atoms with E-state index in [9.17, 15) is 9.90 Å². The number of carboxylic acid groups (broad SMARTS) is 1. The van der Waals surface area contributed by atoms with Crippen LogP contribution in [0.1, 0.15) is 41.6 Å². The van der Waals surface area contributed by atoms with Gasteiger partial charge in [0.1, 0.15) is 11.3 Å². The average molecular weight is 605 g/mol. The summed E-state index contributed by atoms with van der Waals surface area (Å²) >= 11 is 0. The molecule has 2 fully saturated rings. The van der Waals surface area contributed by atoms with Gasteiger partial charge in [-0.3, -0.25) is 9.69 Å². The fourth-order valence-corrected chi connectivity index (χ4v) is 7.07. The van der Waals surface area contributed by atoms with Crippen molar-refractivity contribution in [1.82, 2.24) is 24.6 Å². The van der Waals surface area contributed by atoms with E-state index in [1.165, 1.54) is 6.07 Å². The summed E-state index contributed by atoms with van der Waals surface area (Å²) in [4.78, 5) is 26.3. The molecule has 3 aliphatic heterocycles. The van der Waals surface area contributed by atoms with Crippen LogP contribution in [-0.4, -0.2) is 87.7 Å². The number of carboxylic acids is 1. The van der Waals surface area contributed by atoms with Crippen LogP contribution in [0, 0.1) is 19.7 Å². The van der Waals surface area contributed by atoms with Crippen molar-refractivity contribution < 1.29 is 28.3 Å². The van der Waals surface area contributed by atoms with Crippen molar-refractivity contribution in [3.05, 3.63) is 40.3 Å². The number of benzene rings is 1. The smallest absolute Gasteiger partial charge is 0.307 e. The van der Waals surface area contributed by atoms with Gasteiger partial charge in [-0.25, -0.2) is 9.37 Å². The molecule has 1 aromatic carbocycles. The summed E-state index contributed by atoms with van der Waals surface area (Å²) in [5.41, 5.74) is 5.41. The van der Waals surface area contributed by atoms with Crippen molar-refractivity contribution in [1.29, 1.82) is 0 Å². The van der Waals surface area contributed by atoms with Crippen LogP contribution in [0.15, 0.2) is 16.7 Å². The molecule has 44 heavy (non-hydrogen) atoms. The SMILES string of the molecule is Cc1nc2c(cc(-c3nc(N4CCN(C5CCOCC5)CC4)no3)n2C)c(-c2cc(F)c3c(c2C)CCCO3)c1CC(=O)O. The van der Waals surface area contributed by atoms with Crippen LogP contribution < -0.4 is 9.64 Å². The molecule has 11 nitrogen and oxygen atoms in total. The number of aliphatic carboxylic acids is 1. The number of aryl methyl sites for hydroxylation is 2. The normalized spacial score (nSPS) is 18.0. The topological polar surface area (TPSA) is 119 Å². The Hall–Kier alpha value is -4.03. The molecular formula is C32H37FN6O5. The molecule has 0 atom stereocenters. The van der Waals surface area contributed by atoms with E-state index in [0.717, 1.165) is 69.8 Å². The first kappa shape index (κ1) is 28.7. The highest BCUT2D eigenvalue weighted by Gasteiger charge is 2.30. The van der Waals surface area contributed by atoms with E-state index in [1.54, 1.807) is 6.92 Å². The Morgan fingerprint density at radius 1 is 1.09 bits per heavy atom. The molecule has 0 saturated carbocycles. The number of piperazine rings is 1. The maximum absolute atomic E-state index is 15.4. The van der Waals surface area contributed by atoms with E-state index in [4.69, 9.17) is 24.0 Å². The minimum absolute atomic E-state index is 0.243. The van der Waals surface area contributed by atoms with Crippen LogP contribution in [-0.2, 0) is 29.4 Å². The number of fused-ring (bicyclic) bond motifs is 2. The molecular weight excluding hydrogens is 567 g/mol. The third-order valence-corrected chi connectivity index (χ3v) is 9.45. The summed E-state index contributed by atoms with van der Waals surface area (Å²) in [5.74, 6) is -0.249. The van der Waals surface area contributed by atoms with E-state index in [1.807, 2.05) is 24.6 Å². The molecule has 3 aliphatic rings. The van der Waals surface area contributed by atoms with Crippen molar-refractivity contribution >= 4 is 23.0 Å². The number of halogens is 1. The standard InChI is InChI=1S/C32H37FN6O5/c1-18-21-5-4-12-43-29(21)25(33)15-22(18)28-23(17-27(40)41)19(2)34-30-24(28)16-26(37(30)3)31-35-32(36-44-31)39-10-8-38(9-11-39)20-6-13-42-14-7-20/h15-16,20H,4-14,17H2,1-3H3,(H,40,41). The molecule has 0 aliphatic carbocycles. The van der Waals surface area contributed by atoms with E-state index >= 15 is 4.39 Å². The zero-order chi connectivity index (χ0) is 30.5. The predicted molar refractivity (Wildman–Crippen MR) is 162 cm³/mol. The summed E-state index contributed by atoms with van der Waals surface area (Å²) < 4.78 is 34.3. The molecule has 3 aromatic heterocycles. The Kier molecular flexibility index (Phi) is 7.49. The van der Waals surface area contributed by atoms with E-state index in [-0.39, 0.29) is 6.42 Å². The first-order valence-corrected chi connectivity index (χ1v) is 15.4. The molecule has 4 aromatic rings. The van der Waals surface area contributed by atoms with Gasteiger partial charge >= 0.3 is 5.97 Å². The lowest BCUT2D eigenvalue weighted by Gasteiger charge is -2.40. The second-order valence-corrected chi connectivity index (χ2v) is 12.0. The fourth-order valence-electron chi connectivity index (χ4n) is 7.07. The Bertz CT molecular complexity index is 1740. The van der Waals surface area contributed by atoms with Crippen molar-refractivity contribution in [2.24, 2.45) is 7.05 Å². The Balaban J connectivity index is 1.27. The van der Waals surface area contributed by atoms with Crippen LogP contribution in [0.4, 0.5) is 10.3 Å². The summed E-state index contributed by atoms with van der Waals surface area (Å²) in [6.45, 7) is 9.36. The maximum atomic E-state index is 15.4. The third-order valence-electron chi connectivity index (χ3n) is 9.45. The highest BCUT2D eigenvalue weighted by atomic mass is 19.1. The second kappa shape index (κ2) is 11.5. The van der Waals surface area contributed by atoms with Gasteiger partial charge < -0.3 is 28.6 Å². The Labute approximate surface area is 254 Å². The van der Waals surface area contributed by atoms with Gasteiger partial charge in [0.05, 0.1) is 13.0 Å². The van der Waals surface area contributed by atoms with Crippen molar-refractivity contribution in [2.45, 2.75) is 52.0 Å². The molecule has 7 rings (SSSR count). The number of pyridine rings is 1. The molecule has 0 radical (unpaired) electrons. The summed E-state index contributed by atoms with van der Waals surface area (Å²) in [6, 6.07) is 3.94. The predicted octanol–water partition coefficient (Wildman–Crippen LogP) is 4.30. The number of rotatable bonds is 6. The van der Waals surface area contributed by atoms with E-state index < -0.39 is 11.8 Å². The minimum atomic E-state index is -0.982. The highest BCUT2D eigenvalue weighted by molar-refractivity contribution is 6.00. The lowest BCUT2D eigenvalue weighted by molar-refractivity contribution is -0.136. The average Bonchev–Trinajstić information content (AvgIpc) is 3.65. The number of hydrogen-bond donors (Lipinski definition) is 1. The second-order valence-electron chi connectivity index (χ2n) is 12.0. The highest BCUT2D eigenvalue weighted by Crippen LogP contribution is 2.43. The van der Waals surface area contributed by atoms with E-state index in [0.29, 0.717) is 75.8 Å². The number of hydrogen-bond acceptors (Lipinski definition) is 9. The van der Waals surface area contributed by atoms with Crippen molar-refractivity contribution in [3.8, 4) is 28.5 Å². The van der Waals surface area contributed by atoms with Crippen LogP contribution >= 0.6 is 0 Å². The van der Waals surface area contributed by atoms with E-state index in [2.05, 4.69) is 15.0 Å². The van der Waals surface area contributed by atoms with Gasteiger partial charge in [-0.15, -0.1) is 0 Å². The van der Waals surface area contributed by atoms with Gasteiger partial charge in [0, 0.05) is 69.1 Å². The summed E-state index contributed by atoms with van der Waals surface area (Å²) in [5, 5.41) is 14.9. The maximum Gasteiger partial charge on any atom is 0.307 e. The van der Waals surface area contributed by atoms with Gasteiger partial charge in [-0.2, -0.15) is 4.98 Å². The number of carbonyl (C=O) groups is 1. The first-order valence-electron chi connectivity index (χ1n) is 15.4. The van der Waals surface area contributed by atoms with Gasteiger partial charge in [0.2, 0.25) is 0 Å². The molecule has 2 saturated heterocycles. The zero-order valence-corrected chi connectivity index (χ0v) is 25.4. The van der Waals surface area contributed by atoms with Gasteiger partial charge in [-0.1, -0.05) is 0 Å². The first-order chi connectivity index (χ1) is 21.3. The number of nitrogens with zero attached hydrogens (tertiary/aromatic N) is 6. The van der Waals surface area contributed by atoms with Gasteiger partial charge in [0.25, 0.3) is 11.8 Å². The molecule has 232 valence electrons. The number of ether oxygens (including phenoxy) is 2. The molecule has 1 N–H and O–H groups in total. The summed E-state index contributed by atoms with van der Waals surface area (Å²) in [7, 11) is 1.87. The lowest BCUT2D eigenvalue weighted by atomic mass is 9.87. The Morgan fingerprint density at radius 3 is 2.61 bits per heavy atom. The zero-order valence-electron chi connectivity index (χ0n) is 25.4. The molecule has 12 heteroatoms. The van der Waals surface area contributed by atoms with Gasteiger partial charge in [0.15, 0.2) is 11.6 Å². The van der Waals surface area contributed by atoms with Crippen molar-refractivity contribution in [2.75, 3.05) is 50.9 Å².